The molecule has 1 fully saturated rings. The Kier molecular flexibility index (Phi) is 6.25. The van der Waals surface area contributed by atoms with Crippen LogP contribution in [-0.4, -0.2) is 55.0 Å². The summed E-state index contributed by atoms with van der Waals surface area (Å²) < 4.78 is 16.4. The number of carbonyl (C=O) groups is 1. The van der Waals surface area contributed by atoms with Crippen LogP contribution in [0.5, 0.6) is 0 Å². The van der Waals surface area contributed by atoms with E-state index in [1.54, 1.807) is 13.4 Å². The maximum atomic E-state index is 12.4. The topological polar surface area (TPSA) is 67.4 Å². The van der Waals surface area contributed by atoms with Gasteiger partial charge in [0.2, 0.25) is 5.91 Å². The van der Waals surface area contributed by atoms with Gasteiger partial charge in [-0.15, -0.1) is 0 Å². The lowest BCUT2D eigenvalue weighted by Gasteiger charge is -2.36. The number of methoxy groups -OCH3 is 1. The van der Waals surface area contributed by atoms with Gasteiger partial charge in [-0.2, -0.15) is 0 Å². The molecule has 2 atom stereocenters. The second-order valence-electron chi connectivity index (χ2n) is 5.08. The van der Waals surface area contributed by atoms with Crippen molar-refractivity contribution in [2.75, 3.05) is 38.8 Å². The van der Waals surface area contributed by atoms with Crippen LogP contribution in [0.3, 0.4) is 0 Å². The van der Waals surface area contributed by atoms with Crippen molar-refractivity contribution in [1.29, 1.82) is 0 Å². The minimum Gasteiger partial charge on any atom is -0.384 e. The first kappa shape index (κ1) is 15.6. The highest BCUT2D eigenvalue weighted by molar-refractivity contribution is 7.84. The van der Waals surface area contributed by atoms with Gasteiger partial charge in [0.15, 0.2) is 0 Å². The van der Waals surface area contributed by atoms with Gasteiger partial charge in [-0.05, 0) is 32.9 Å². The molecule has 0 aromatic carbocycles. The van der Waals surface area contributed by atoms with E-state index in [0.717, 1.165) is 25.9 Å². The lowest BCUT2D eigenvalue weighted by atomic mass is 9.78. The highest BCUT2D eigenvalue weighted by atomic mass is 32.2. The number of hydrogen-bond donors (Lipinski definition) is 2. The van der Waals surface area contributed by atoms with Crippen molar-refractivity contribution in [3.63, 3.8) is 0 Å². The molecule has 0 aliphatic carbocycles. The van der Waals surface area contributed by atoms with E-state index in [2.05, 4.69) is 10.6 Å². The molecule has 0 aromatic heterocycles. The summed E-state index contributed by atoms with van der Waals surface area (Å²) in [6, 6.07) is -0.0630. The van der Waals surface area contributed by atoms with Crippen LogP contribution in [0.15, 0.2) is 0 Å². The van der Waals surface area contributed by atoms with Gasteiger partial charge in [-0.25, -0.2) is 0 Å². The Labute approximate surface area is 111 Å². The van der Waals surface area contributed by atoms with Gasteiger partial charge in [0.05, 0.1) is 12.0 Å². The molecule has 2 N–H and O–H groups in total. The molecule has 6 heteroatoms. The molecule has 1 amide bonds. The summed E-state index contributed by atoms with van der Waals surface area (Å²) in [5.41, 5.74) is -0.427. The van der Waals surface area contributed by atoms with E-state index < -0.39 is 16.2 Å². The Morgan fingerprint density at radius 3 is 2.61 bits per heavy atom. The van der Waals surface area contributed by atoms with Crippen molar-refractivity contribution < 1.29 is 13.7 Å². The minimum absolute atomic E-state index is 0.0313. The van der Waals surface area contributed by atoms with Crippen molar-refractivity contribution in [3.8, 4) is 0 Å². The fourth-order valence-corrected chi connectivity index (χ4v) is 3.18. The number of ether oxygens (including phenoxy) is 1. The third-order valence-corrected chi connectivity index (χ3v) is 4.29. The number of hydrogen-bond acceptors (Lipinski definition) is 4. The highest BCUT2D eigenvalue weighted by Gasteiger charge is 2.39. The Balaban J connectivity index is 2.61. The lowest BCUT2D eigenvalue weighted by Crippen LogP contribution is -2.52. The van der Waals surface area contributed by atoms with Gasteiger partial charge >= 0.3 is 0 Å². The van der Waals surface area contributed by atoms with Gasteiger partial charge in [0.25, 0.3) is 0 Å². The first-order valence-electron chi connectivity index (χ1n) is 6.31. The maximum Gasteiger partial charge on any atom is 0.228 e. The number of nitrogens with one attached hydrogen (secondary N) is 2. The van der Waals surface area contributed by atoms with Crippen LogP contribution >= 0.6 is 0 Å². The number of rotatable bonds is 6. The zero-order chi connectivity index (χ0) is 13.6. The second kappa shape index (κ2) is 7.21. The summed E-state index contributed by atoms with van der Waals surface area (Å²) in [6.07, 6.45) is 3.22. The number of amides is 1. The van der Waals surface area contributed by atoms with Crippen LogP contribution < -0.4 is 10.6 Å². The summed E-state index contributed by atoms with van der Waals surface area (Å²) >= 11 is 0. The molecular formula is C12H24N2O3S. The van der Waals surface area contributed by atoms with Crippen LogP contribution in [0.4, 0.5) is 0 Å². The Morgan fingerprint density at radius 2 is 2.11 bits per heavy atom. The first-order valence-corrected chi connectivity index (χ1v) is 8.03. The van der Waals surface area contributed by atoms with Crippen molar-refractivity contribution in [3.05, 3.63) is 0 Å². The van der Waals surface area contributed by atoms with E-state index in [1.807, 2.05) is 6.92 Å². The average molecular weight is 276 g/mol. The molecule has 0 radical (unpaired) electrons. The third-order valence-electron chi connectivity index (χ3n) is 3.33. The van der Waals surface area contributed by atoms with E-state index in [9.17, 15) is 9.00 Å². The zero-order valence-corrected chi connectivity index (χ0v) is 12.3. The van der Waals surface area contributed by atoms with Gasteiger partial charge in [-0.3, -0.25) is 9.00 Å². The molecule has 1 aliphatic heterocycles. The van der Waals surface area contributed by atoms with E-state index in [-0.39, 0.29) is 11.9 Å². The summed E-state index contributed by atoms with van der Waals surface area (Å²) in [5.74, 6) is 0.524. The fraction of sp³-hybridized carbons (Fsp3) is 0.917. The summed E-state index contributed by atoms with van der Waals surface area (Å²) in [7, 11) is 0.734. The molecule has 0 bridgehead atoms. The lowest BCUT2D eigenvalue weighted by molar-refractivity contribution is -0.136. The fourth-order valence-electron chi connectivity index (χ4n) is 2.39. The molecule has 106 valence electrons. The largest absolute Gasteiger partial charge is 0.384 e. The second-order valence-corrected chi connectivity index (χ2v) is 6.56. The molecule has 1 saturated heterocycles. The van der Waals surface area contributed by atoms with Gasteiger partial charge in [0, 0.05) is 36.0 Å². The molecule has 1 heterocycles. The zero-order valence-electron chi connectivity index (χ0n) is 11.5. The Bertz CT molecular complexity index is 298. The van der Waals surface area contributed by atoms with E-state index >= 15 is 0 Å². The highest BCUT2D eigenvalue weighted by Crippen LogP contribution is 2.29. The summed E-state index contributed by atoms with van der Waals surface area (Å²) in [4.78, 5) is 12.4. The normalized spacial score (nSPS) is 22.2. The standard InChI is InChI=1S/C12H24N2O3S/c1-10(8-18(3)16)14-11(15)12(9-17-2)4-6-13-7-5-12/h10,13H,4-9H2,1-3H3,(H,14,15). The van der Waals surface area contributed by atoms with E-state index in [1.165, 1.54) is 0 Å². The molecule has 1 aliphatic rings. The number of carbonyl (C=O) groups excluding carboxylic acids is 1. The molecule has 18 heavy (non-hydrogen) atoms. The quantitative estimate of drug-likeness (QED) is 0.710. The molecular weight excluding hydrogens is 252 g/mol. The number of piperidine rings is 1. The molecule has 0 aromatic rings. The monoisotopic (exact) mass is 276 g/mol. The van der Waals surface area contributed by atoms with Crippen LogP contribution in [0.1, 0.15) is 19.8 Å². The van der Waals surface area contributed by atoms with Crippen molar-refractivity contribution in [1.82, 2.24) is 10.6 Å². The van der Waals surface area contributed by atoms with Crippen LogP contribution in [0.2, 0.25) is 0 Å². The Hall–Kier alpha value is -0.460. The average Bonchev–Trinajstić information content (AvgIpc) is 2.29. The predicted molar refractivity (Wildman–Crippen MR) is 73.0 cm³/mol. The van der Waals surface area contributed by atoms with Crippen molar-refractivity contribution in [2.45, 2.75) is 25.8 Å². The van der Waals surface area contributed by atoms with Crippen LogP contribution in [-0.2, 0) is 20.3 Å². The van der Waals surface area contributed by atoms with Gasteiger partial charge in [0.1, 0.15) is 0 Å². The van der Waals surface area contributed by atoms with Crippen LogP contribution in [0, 0.1) is 5.41 Å². The van der Waals surface area contributed by atoms with Crippen LogP contribution in [0.25, 0.3) is 0 Å². The summed E-state index contributed by atoms with van der Waals surface area (Å²) in [5, 5.41) is 6.22. The first-order chi connectivity index (χ1) is 8.50. The molecule has 0 spiro atoms. The van der Waals surface area contributed by atoms with E-state index in [4.69, 9.17) is 4.74 Å². The minimum atomic E-state index is -0.893. The Morgan fingerprint density at radius 1 is 1.50 bits per heavy atom. The van der Waals surface area contributed by atoms with Crippen molar-refractivity contribution >= 4 is 16.7 Å². The SMILES string of the molecule is COCC1(C(=O)NC(C)CS(C)=O)CCNCC1. The third kappa shape index (κ3) is 4.33. The molecule has 5 nitrogen and oxygen atoms in total. The van der Waals surface area contributed by atoms with E-state index in [0.29, 0.717) is 12.4 Å². The molecule has 2 unspecified atom stereocenters. The molecule has 1 rings (SSSR count). The predicted octanol–water partition coefficient (Wildman–Crippen LogP) is -0.114. The van der Waals surface area contributed by atoms with Gasteiger partial charge < -0.3 is 15.4 Å². The van der Waals surface area contributed by atoms with Gasteiger partial charge in [-0.1, -0.05) is 0 Å². The smallest absolute Gasteiger partial charge is 0.228 e. The maximum absolute atomic E-state index is 12.4. The molecule has 0 saturated carbocycles. The summed E-state index contributed by atoms with van der Waals surface area (Å²) in [6.45, 7) is 4.01. The van der Waals surface area contributed by atoms with Crippen molar-refractivity contribution in [2.24, 2.45) is 5.41 Å².